The molecule has 0 amide bonds. The molecule has 2 aromatic heterocycles. The van der Waals surface area contributed by atoms with Gasteiger partial charge in [0, 0.05) is 5.56 Å². The third kappa shape index (κ3) is 2.57. The van der Waals surface area contributed by atoms with E-state index < -0.39 is 0 Å². The van der Waals surface area contributed by atoms with Crippen LogP contribution in [0.1, 0.15) is 0 Å². The maximum Gasteiger partial charge on any atom is 0.198 e. The van der Waals surface area contributed by atoms with Crippen LogP contribution in [0.2, 0.25) is 0 Å². The second kappa shape index (κ2) is 5.53. The van der Waals surface area contributed by atoms with Gasteiger partial charge in [-0.2, -0.15) is 0 Å². The van der Waals surface area contributed by atoms with Crippen molar-refractivity contribution in [1.29, 1.82) is 0 Å². The maximum absolute atomic E-state index is 5.99. The molecule has 0 radical (unpaired) electrons. The van der Waals surface area contributed by atoms with Crippen molar-refractivity contribution in [2.24, 2.45) is 0 Å². The minimum atomic E-state index is 0.446. The summed E-state index contributed by atoms with van der Waals surface area (Å²) in [6.07, 6.45) is 0. The average Bonchev–Trinajstić information content (AvgIpc) is 2.89. The van der Waals surface area contributed by atoms with Crippen LogP contribution in [-0.4, -0.2) is 9.97 Å². The Morgan fingerprint density at radius 2 is 1.80 bits per heavy atom. The molecule has 0 bridgehead atoms. The van der Waals surface area contributed by atoms with Gasteiger partial charge in [-0.15, -0.1) is 0 Å². The molecule has 0 aliphatic rings. The number of rotatable bonds is 2. The van der Waals surface area contributed by atoms with Crippen molar-refractivity contribution in [1.82, 2.24) is 9.97 Å². The summed E-state index contributed by atoms with van der Waals surface area (Å²) in [5, 5.41) is 0. The summed E-state index contributed by atoms with van der Waals surface area (Å²) in [6.45, 7) is 0. The van der Waals surface area contributed by atoms with Crippen molar-refractivity contribution in [2.75, 3.05) is 5.73 Å². The van der Waals surface area contributed by atoms with E-state index in [1.54, 1.807) is 12.1 Å². The Morgan fingerprint density at radius 3 is 2.45 bits per heavy atom. The number of nitrogens with two attached hydrogens (primary N) is 1. The number of furan rings is 1. The van der Waals surface area contributed by atoms with E-state index in [-0.39, 0.29) is 0 Å². The molecule has 4 nitrogen and oxygen atoms in total. The lowest BCUT2D eigenvalue weighted by molar-refractivity contribution is 0.551. The first-order chi connectivity index (χ1) is 9.65. The average molecular weight is 442 g/mol. The number of benzene rings is 1. The number of nitrogens with zero attached hydrogens (tertiary/aromatic N) is 2. The number of hydrogen-bond acceptors (Lipinski definition) is 4. The van der Waals surface area contributed by atoms with Crippen LogP contribution in [0, 0.1) is 3.57 Å². The fourth-order valence-electron chi connectivity index (χ4n) is 1.80. The molecule has 0 saturated heterocycles. The first kappa shape index (κ1) is 13.6. The lowest BCUT2D eigenvalue weighted by Gasteiger charge is -2.08. The zero-order chi connectivity index (χ0) is 14.1. The van der Waals surface area contributed by atoms with Crippen LogP contribution in [0.5, 0.6) is 0 Å². The number of nitrogen functional groups attached to an aromatic ring is 1. The summed E-state index contributed by atoms with van der Waals surface area (Å²) >= 11 is 5.43. The predicted octanol–water partition coefficient (Wildman–Crippen LogP) is 4.35. The molecule has 0 saturated carbocycles. The molecule has 100 valence electrons. The van der Waals surface area contributed by atoms with E-state index in [2.05, 4.69) is 48.5 Å². The maximum atomic E-state index is 5.99. The molecule has 0 aliphatic carbocycles. The third-order valence-electron chi connectivity index (χ3n) is 2.72. The molecule has 3 rings (SSSR count). The Hall–Kier alpha value is -1.41. The van der Waals surface area contributed by atoms with Crippen LogP contribution < -0.4 is 5.73 Å². The van der Waals surface area contributed by atoms with E-state index in [1.807, 2.05) is 30.3 Å². The number of halogens is 2. The van der Waals surface area contributed by atoms with Crippen LogP contribution in [0.25, 0.3) is 22.8 Å². The van der Waals surface area contributed by atoms with Gasteiger partial charge in [0.25, 0.3) is 0 Å². The molecule has 2 N–H and O–H groups in total. The third-order valence-corrected chi connectivity index (χ3v) is 4.21. The molecule has 0 unspecified atom stereocenters. The zero-order valence-corrected chi connectivity index (χ0v) is 13.9. The molecular formula is C14H9BrIN3O. The summed E-state index contributed by atoms with van der Waals surface area (Å²) in [5.41, 5.74) is 7.80. The van der Waals surface area contributed by atoms with Crippen LogP contribution in [0.15, 0.2) is 51.6 Å². The van der Waals surface area contributed by atoms with Gasteiger partial charge >= 0.3 is 0 Å². The van der Waals surface area contributed by atoms with Crippen molar-refractivity contribution in [3.8, 4) is 22.8 Å². The number of anilines is 1. The topological polar surface area (TPSA) is 64.9 Å². The number of hydrogen-bond donors (Lipinski definition) is 1. The van der Waals surface area contributed by atoms with Crippen LogP contribution in [0.3, 0.4) is 0 Å². The summed E-state index contributed by atoms with van der Waals surface area (Å²) in [6, 6.07) is 13.5. The van der Waals surface area contributed by atoms with Crippen molar-refractivity contribution in [3.63, 3.8) is 0 Å². The highest BCUT2D eigenvalue weighted by Gasteiger charge is 2.15. The molecule has 6 heteroatoms. The Bertz CT molecular complexity index is 758. The Labute approximate surface area is 137 Å². The van der Waals surface area contributed by atoms with E-state index in [4.69, 9.17) is 10.2 Å². The molecule has 2 heterocycles. The van der Waals surface area contributed by atoms with Crippen molar-refractivity contribution in [3.05, 3.63) is 50.7 Å². The monoisotopic (exact) mass is 441 g/mol. The number of aromatic nitrogens is 2. The molecule has 1 aromatic carbocycles. The Kier molecular flexibility index (Phi) is 3.75. The largest absolute Gasteiger partial charge is 0.446 e. The van der Waals surface area contributed by atoms with Gasteiger partial charge < -0.3 is 10.2 Å². The standard InChI is InChI=1S/C14H9BrIN3O/c15-10-7-6-9(20-10)14-18-12(11(16)13(17)19-14)8-4-2-1-3-5-8/h1-7H,(H2,17,18,19). The summed E-state index contributed by atoms with van der Waals surface area (Å²) < 4.78 is 6.96. The smallest absolute Gasteiger partial charge is 0.198 e. The van der Waals surface area contributed by atoms with Gasteiger partial charge in [-0.25, -0.2) is 9.97 Å². The van der Waals surface area contributed by atoms with Gasteiger partial charge in [-0.1, -0.05) is 30.3 Å². The van der Waals surface area contributed by atoms with Crippen LogP contribution in [-0.2, 0) is 0 Å². The summed E-state index contributed by atoms with van der Waals surface area (Å²) in [5.74, 6) is 1.51. The molecule has 0 aliphatic heterocycles. The van der Waals surface area contributed by atoms with Gasteiger partial charge in [-0.3, -0.25) is 0 Å². The normalized spacial score (nSPS) is 10.7. The lowest BCUT2D eigenvalue weighted by atomic mass is 10.1. The van der Waals surface area contributed by atoms with Gasteiger partial charge in [0.05, 0.1) is 9.26 Å². The molecule has 20 heavy (non-hydrogen) atoms. The van der Waals surface area contributed by atoms with Gasteiger partial charge in [-0.05, 0) is 50.7 Å². The minimum Gasteiger partial charge on any atom is -0.446 e. The summed E-state index contributed by atoms with van der Waals surface area (Å²) in [4.78, 5) is 8.86. The Balaban J connectivity index is 2.18. The second-order valence-corrected chi connectivity index (χ2v) is 5.93. The molecular weight excluding hydrogens is 433 g/mol. The first-order valence-corrected chi connectivity index (χ1v) is 7.66. The molecule has 0 fully saturated rings. The van der Waals surface area contributed by atoms with E-state index in [1.165, 1.54) is 0 Å². The van der Waals surface area contributed by atoms with Gasteiger partial charge in [0.1, 0.15) is 5.82 Å². The van der Waals surface area contributed by atoms with Crippen molar-refractivity contribution < 1.29 is 4.42 Å². The van der Waals surface area contributed by atoms with Crippen molar-refractivity contribution >= 4 is 44.3 Å². The summed E-state index contributed by atoms with van der Waals surface area (Å²) in [7, 11) is 0. The highest BCUT2D eigenvalue weighted by Crippen LogP contribution is 2.30. The fraction of sp³-hybridized carbons (Fsp3) is 0. The first-order valence-electron chi connectivity index (χ1n) is 5.79. The lowest BCUT2D eigenvalue weighted by Crippen LogP contribution is -2.02. The molecule has 3 aromatic rings. The van der Waals surface area contributed by atoms with Crippen LogP contribution in [0.4, 0.5) is 5.82 Å². The predicted molar refractivity (Wildman–Crippen MR) is 90.0 cm³/mol. The van der Waals surface area contributed by atoms with Gasteiger partial charge in [0.15, 0.2) is 16.3 Å². The SMILES string of the molecule is Nc1nc(-c2ccc(Br)o2)nc(-c2ccccc2)c1I. The van der Waals surface area contributed by atoms with E-state index in [0.29, 0.717) is 22.1 Å². The quantitative estimate of drug-likeness (QED) is 0.600. The fourth-order valence-corrected chi connectivity index (χ4v) is 2.66. The highest BCUT2D eigenvalue weighted by atomic mass is 127. The van der Waals surface area contributed by atoms with E-state index in [9.17, 15) is 0 Å². The molecule has 0 atom stereocenters. The van der Waals surface area contributed by atoms with Gasteiger partial charge in [0.2, 0.25) is 0 Å². The van der Waals surface area contributed by atoms with E-state index in [0.717, 1.165) is 14.8 Å². The second-order valence-electron chi connectivity index (χ2n) is 4.06. The minimum absolute atomic E-state index is 0.446. The highest BCUT2D eigenvalue weighted by molar-refractivity contribution is 14.1. The Morgan fingerprint density at radius 1 is 1.05 bits per heavy atom. The van der Waals surface area contributed by atoms with E-state index >= 15 is 0 Å². The molecule has 0 spiro atoms. The van der Waals surface area contributed by atoms with Crippen LogP contribution >= 0.6 is 38.5 Å². The van der Waals surface area contributed by atoms with Crippen molar-refractivity contribution in [2.45, 2.75) is 0 Å². The zero-order valence-electron chi connectivity index (χ0n) is 10.2.